The molecule has 20 amide bonds. The number of fused-ring (bicyclic) bond motifs is 2. The highest BCUT2D eigenvalue weighted by atomic mass is 16.2. The third kappa shape index (κ3) is 46.4. The molecule has 0 saturated heterocycles. The van der Waals surface area contributed by atoms with Gasteiger partial charge in [-0.1, -0.05) is 124 Å². The van der Waals surface area contributed by atoms with Gasteiger partial charge in [0.05, 0.1) is 30.2 Å². The second-order valence-electron chi connectivity index (χ2n) is 33.1. The van der Waals surface area contributed by atoms with Gasteiger partial charge in [-0.05, 0) is 170 Å². The normalized spacial score (nSPS) is 13.7. The van der Waals surface area contributed by atoms with Crippen LogP contribution < -0.4 is 129 Å². The highest BCUT2D eigenvalue weighted by molar-refractivity contribution is 5.85. The quantitative estimate of drug-likeness (QED) is 0.0228. The average Bonchev–Trinajstić information content (AvgIpc) is 1.69. The van der Waals surface area contributed by atoms with Gasteiger partial charge < -0.3 is 144 Å². The third-order valence-corrected chi connectivity index (χ3v) is 20.6. The van der Waals surface area contributed by atoms with Crippen LogP contribution in [0, 0.1) is 29.6 Å². The minimum atomic E-state index is -0.550. The molecular formula is C84H152N26O11. The van der Waals surface area contributed by atoms with Crippen molar-refractivity contribution in [1.29, 1.82) is 0 Å². The molecule has 0 saturated carbocycles. The van der Waals surface area contributed by atoms with E-state index in [9.17, 15) is 52.7 Å². The van der Waals surface area contributed by atoms with Crippen LogP contribution in [0.4, 0.5) is 47.9 Å². The van der Waals surface area contributed by atoms with Crippen molar-refractivity contribution in [2.75, 3.05) is 92.1 Å². The Hall–Kier alpha value is -10.3. The molecule has 37 heteroatoms. The molecule has 121 heavy (non-hydrogen) atoms. The number of Topliss-reactive ketones (excluding diaryl/α,β-unsaturated/α-hetero) is 1. The number of para-hydroxylation sites is 2. The molecule has 0 bridgehead atoms. The van der Waals surface area contributed by atoms with Crippen molar-refractivity contribution < 1.29 is 52.7 Å². The Balaban J connectivity index is 0.000000629. The molecule has 0 unspecified atom stereocenters. The Morgan fingerprint density at radius 3 is 0.942 bits per heavy atom. The molecule has 2 heterocycles. The molecule has 4 aromatic rings. The maximum atomic E-state index is 13.5. The topological polar surface area (TPSA) is 564 Å². The number of hydrogen-bond acceptors (Lipinski definition) is 15. The molecule has 10 atom stereocenters. The van der Waals surface area contributed by atoms with E-state index in [1.54, 1.807) is 0 Å². The molecule has 37 nitrogen and oxygen atoms in total. The number of carbonyl (C=O) groups is 11. The number of aromatic nitrogens is 2. The van der Waals surface area contributed by atoms with Crippen LogP contribution in [0.5, 0.6) is 0 Å². The van der Waals surface area contributed by atoms with Crippen LogP contribution in [0.1, 0.15) is 184 Å². The van der Waals surface area contributed by atoms with Crippen LogP contribution in [-0.4, -0.2) is 229 Å². The summed E-state index contributed by atoms with van der Waals surface area (Å²) in [6.07, 6.45) is 14.9. The van der Waals surface area contributed by atoms with Crippen molar-refractivity contribution >= 4 is 87.9 Å². The van der Waals surface area contributed by atoms with Gasteiger partial charge in [0, 0.05) is 137 Å². The maximum absolute atomic E-state index is 13.5. The first kappa shape index (κ1) is 105. The number of nitrogens with one attached hydrogen (secondary N) is 22. The van der Waals surface area contributed by atoms with Gasteiger partial charge in [-0.3, -0.25) is 0 Å². The smallest absolute Gasteiger partial charge is 0.315 e. The highest BCUT2D eigenvalue weighted by Crippen LogP contribution is 2.22. The number of amides is 20. The third-order valence-electron chi connectivity index (χ3n) is 20.6. The summed E-state index contributed by atoms with van der Waals surface area (Å²) in [5.74, 6) is 0.292. The van der Waals surface area contributed by atoms with Gasteiger partial charge in [0.25, 0.3) is 0 Å². The largest absolute Gasteiger partial charge is 0.361 e. The first-order valence-electron chi connectivity index (χ1n) is 43.5. The summed E-state index contributed by atoms with van der Waals surface area (Å²) in [5.41, 5.74) is 26.9. The number of benzene rings is 2. The van der Waals surface area contributed by atoms with E-state index in [4.69, 9.17) is 22.9 Å². The number of carbonyl (C=O) groups excluding carboxylic acids is 11. The van der Waals surface area contributed by atoms with Crippen LogP contribution in [-0.2, 0) is 17.6 Å². The zero-order chi connectivity index (χ0) is 89.6. The summed E-state index contributed by atoms with van der Waals surface area (Å²) in [7, 11) is 1.51. The summed E-state index contributed by atoms with van der Waals surface area (Å²) in [4.78, 5) is 147. The van der Waals surface area contributed by atoms with Crippen LogP contribution in [0.3, 0.4) is 0 Å². The van der Waals surface area contributed by atoms with Crippen molar-refractivity contribution in [3.63, 3.8) is 0 Å². The number of aromatic amines is 2. The fourth-order valence-corrected chi connectivity index (χ4v) is 13.1. The molecule has 2 aromatic carbocycles. The highest BCUT2D eigenvalue weighted by Gasteiger charge is 2.27. The van der Waals surface area contributed by atoms with Crippen molar-refractivity contribution in [2.45, 2.75) is 246 Å². The van der Waals surface area contributed by atoms with E-state index in [1.165, 1.54) is 24.9 Å². The molecule has 4 rings (SSSR count). The average molecular weight is 1700 g/mol. The van der Waals surface area contributed by atoms with Crippen LogP contribution in [0.15, 0.2) is 60.9 Å². The van der Waals surface area contributed by atoms with Crippen molar-refractivity contribution in [3.8, 4) is 0 Å². The predicted molar refractivity (Wildman–Crippen MR) is 480 cm³/mol. The number of hydrogen-bond donors (Lipinski definition) is 26. The summed E-state index contributed by atoms with van der Waals surface area (Å²) in [6.45, 7) is 26.9. The Morgan fingerprint density at radius 2 is 0.603 bits per heavy atom. The molecular weight excluding hydrogens is 1550 g/mol. The monoisotopic (exact) mass is 1700 g/mol. The second-order valence-corrected chi connectivity index (χ2v) is 33.1. The lowest BCUT2D eigenvalue weighted by Crippen LogP contribution is -2.56. The Labute approximate surface area is 716 Å². The number of rotatable bonds is 55. The summed E-state index contributed by atoms with van der Waals surface area (Å²) >= 11 is 0. The van der Waals surface area contributed by atoms with Gasteiger partial charge in [-0.15, -0.1) is 0 Å². The van der Waals surface area contributed by atoms with E-state index in [-0.39, 0.29) is 154 Å². The number of unbranched alkanes of at least 4 members (excludes halogenated alkanes) is 4. The number of urea groups is 10. The van der Waals surface area contributed by atoms with Gasteiger partial charge >= 0.3 is 60.3 Å². The number of H-pyrrole nitrogens is 2. The molecule has 0 aliphatic heterocycles. The van der Waals surface area contributed by atoms with Crippen LogP contribution >= 0.6 is 0 Å². The number of ketones is 1. The van der Waals surface area contributed by atoms with Gasteiger partial charge in [0.2, 0.25) is 0 Å². The predicted octanol–water partition coefficient (Wildman–Crippen LogP) is 5.91. The fraction of sp³-hybridized carbons (Fsp3) is 0.679. The van der Waals surface area contributed by atoms with Gasteiger partial charge in [0.15, 0.2) is 0 Å². The maximum Gasteiger partial charge on any atom is 0.315 e. The standard InChI is InChI=1S/C43H79N15O6.C41H73N11O5/c1-27(2)36(25-51-40(61)54-31(14-10-12-18-44)22-48-38(59)46-7)57-42(63)50-24-33(20-30-21-47-35-17-9-8-16-34(30)35)56-39(60)49-23-32(15-11-13-19-45)55-41(62)52-26-37(28(3)4)58-43(64)53-29(5)6;1-27(2)36(25-47-39(55)49-32(13-9-11-19-42)18-17-30(6)53)52-41(57)48-26-37(28(3)4)51-40(56)46-24-33(14-10-12-20-43)50-38(54)45-22-29(5)21-31-23-44-35-16-8-7-15-34(31)35/h8-9,16-17,21,27-29,31-33,36-37,47H,10-15,18-20,22-26,44-45H2,1-7H3,(H2,46,48,59)(H2,49,56,60)(H2,50,57,63)(H2,51,54,61)(H2,52,55,62)(H2,53,58,64);7-8,15-16,23,27-29,32-33,36-37,44H,9-14,17-22,24-26,42-43H2,1-6H3,(H2,45,50,54)(H2,46,51,56)(H2,47,49,55)(H2,48,52,57)/t31-,32-,33-,36+,37+;29-,32-,33-,36+,37+/m00/s1. The number of nitrogens with two attached hydrogens (primary N) is 4. The van der Waals surface area contributed by atoms with E-state index in [1.807, 2.05) is 124 Å². The molecule has 0 radical (unpaired) electrons. The molecule has 684 valence electrons. The minimum absolute atomic E-state index is 0.00129. The van der Waals surface area contributed by atoms with Gasteiger partial charge in [-0.2, -0.15) is 0 Å². The molecule has 30 N–H and O–H groups in total. The first-order chi connectivity index (χ1) is 57.8. The van der Waals surface area contributed by atoms with E-state index >= 15 is 0 Å². The second kappa shape index (κ2) is 60.3. The van der Waals surface area contributed by atoms with Gasteiger partial charge in [-0.25, -0.2) is 47.9 Å². The lowest BCUT2D eigenvalue weighted by atomic mass is 10.0. The van der Waals surface area contributed by atoms with E-state index < -0.39 is 54.3 Å². The Bertz CT molecular complexity index is 3670. The van der Waals surface area contributed by atoms with Gasteiger partial charge in [0.1, 0.15) is 5.78 Å². The Morgan fingerprint density at radius 1 is 0.314 bits per heavy atom. The van der Waals surface area contributed by atoms with E-state index in [0.717, 1.165) is 86.2 Å². The zero-order valence-electron chi connectivity index (χ0n) is 74.2. The zero-order valence-corrected chi connectivity index (χ0v) is 74.2. The lowest BCUT2D eigenvalue weighted by molar-refractivity contribution is -0.117. The fourth-order valence-electron chi connectivity index (χ4n) is 13.1. The molecule has 0 aliphatic carbocycles. The lowest BCUT2D eigenvalue weighted by Gasteiger charge is -2.27. The molecule has 0 spiro atoms. The molecule has 0 fully saturated rings. The van der Waals surface area contributed by atoms with Crippen molar-refractivity contribution in [1.82, 2.24) is 116 Å². The van der Waals surface area contributed by atoms with E-state index in [0.29, 0.717) is 71.2 Å². The molecule has 2 aromatic heterocycles. The summed E-state index contributed by atoms with van der Waals surface area (Å²) < 4.78 is 0. The van der Waals surface area contributed by atoms with Crippen molar-refractivity contribution in [3.05, 3.63) is 72.1 Å². The summed E-state index contributed by atoms with van der Waals surface area (Å²) in [5, 5.41) is 59.9. The van der Waals surface area contributed by atoms with E-state index in [2.05, 4.69) is 129 Å². The Kier molecular flexibility index (Phi) is 52.2. The minimum Gasteiger partial charge on any atom is -0.361 e. The van der Waals surface area contributed by atoms with Crippen LogP contribution in [0.25, 0.3) is 21.8 Å². The SMILES string of the molecule is CC(=O)CC[C@H](CCCCN)NC(=O)NC[C@@H](NC(=O)NC[C@@H](NC(=O)NC[C@H](CCCCN)NC(=O)NC[C@@H](C)Cc1c[nH]c2ccccc12)C(C)C)C(C)C.CNC(=O)NC[C@H](CCCCN)NC(=O)NC[C@@H](NC(=O)NC[C@H](Cc1c[nH]c2ccccc12)NC(=O)NC[C@H](CCCCN)NC(=O)NC[C@@H](NC(=O)NC(C)C)C(C)C)C(C)C. The van der Waals surface area contributed by atoms with Crippen LogP contribution in [0.2, 0.25) is 0 Å². The molecule has 0 aliphatic rings. The summed E-state index contributed by atoms with van der Waals surface area (Å²) in [6, 6.07) is 8.71. The first-order valence-corrected chi connectivity index (χ1v) is 43.5. The van der Waals surface area contributed by atoms with Crippen molar-refractivity contribution in [2.24, 2.45) is 52.5 Å².